The highest BCUT2D eigenvalue weighted by atomic mass is 19.1. The summed E-state index contributed by atoms with van der Waals surface area (Å²) in [5.74, 6) is -0.169. The van der Waals surface area contributed by atoms with Crippen LogP contribution in [0.4, 0.5) is 4.39 Å². The fourth-order valence-electron chi connectivity index (χ4n) is 4.09. The maximum Gasteiger partial charge on any atom is 0.123 e. The molecule has 2 aromatic carbocycles. The van der Waals surface area contributed by atoms with Gasteiger partial charge < -0.3 is 10.3 Å². The number of hydrogen-bond donors (Lipinski definition) is 2. The fourth-order valence-corrected chi connectivity index (χ4v) is 4.09. The predicted molar refractivity (Wildman–Crippen MR) is 92.5 cm³/mol. The number of aromatic amines is 1. The van der Waals surface area contributed by atoms with Crippen molar-refractivity contribution >= 4 is 10.9 Å². The van der Waals surface area contributed by atoms with Gasteiger partial charge in [-0.1, -0.05) is 17.7 Å². The van der Waals surface area contributed by atoms with E-state index in [0.29, 0.717) is 0 Å². The van der Waals surface area contributed by atoms with Gasteiger partial charge in [0.05, 0.1) is 6.04 Å². The van der Waals surface area contributed by atoms with E-state index in [0.717, 1.165) is 23.9 Å². The van der Waals surface area contributed by atoms with Gasteiger partial charge in [-0.15, -0.1) is 0 Å². The molecule has 1 aromatic heterocycles. The molecule has 23 heavy (non-hydrogen) atoms. The second-order valence-electron chi connectivity index (χ2n) is 6.66. The molecule has 0 aliphatic carbocycles. The Labute approximate surface area is 135 Å². The van der Waals surface area contributed by atoms with Gasteiger partial charge in [0.2, 0.25) is 0 Å². The van der Waals surface area contributed by atoms with Gasteiger partial charge in [-0.25, -0.2) is 4.39 Å². The monoisotopic (exact) mass is 308 g/mol. The first-order valence-corrected chi connectivity index (χ1v) is 8.15. The lowest BCUT2D eigenvalue weighted by Gasteiger charge is -2.28. The third-order valence-electron chi connectivity index (χ3n) is 4.94. The SMILES string of the molecule is Cc1cc(C)c(C2NCCc3c2[nH]c2ccc(F)cc32)c(C)c1. The largest absolute Gasteiger partial charge is 0.357 e. The summed E-state index contributed by atoms with van der Waals surface area (Å²) >= 11 is 0. The van der Waals surface area contributed by atoms with Gasteiger partial charge in [-0.2, -0.15) is 0 Å². The van der Waals surface area contributed by atoms with Crippen molar-refractivity contribution in [2.45, 2.75) is 33.2 Å². The average molecular weight is 308 g/mol. The molecule has 2 N–H and O–H groups in total. The predicted octanol–water partition coefficient (Wildman–Crippen LogP) is 4.47. The van der Waals surface area contributed by atoms with Gasteiger partial charge in [-0.3, -0.25) is 0 Å². The minimum absolute atomic E-state index is 0.148. The molecule has 3 aromatic rings. The molecule has 2 heterocycles. The van der Waals surface area contributed by atoms with Crippen molar-refractivity contribution in [3.05, 3.63) is 69.7 Å². The number of nitrogens with one attached hydrogen (secondary N) is 2. The van der Waals surface area contributed by atoms with Gasteiger partial charge in [0.25, 0.3) is 0 Å². The molecule has 0 fully saturated rings. The van der Waals surface area contributed by atoms with Crippen LogP contribution in [-0.4, -0.2) is 11.5 Å². The molecule has 1 aliphatic heterocycles. The van der Waals surface area contributed by atoms with Crippen molar-refractivity contribution < 1.29 is 4.39 Å². The molecule has 2 nitrogen and oxygen atoms in total. The summed E-state index contributed by atoms with van der Waals surface area (Å²) in [6.07, 6.45) is 0.930. The van der Waals surface area contributed by atoms with Crippen molar-refractivity contribution in [2.75, 3.05) is 6.54 Å². The maximum atomic E-state index is 13.6. The summed E-state index contributed by atoms with van der Waals surface area (Å²) < 4.78 is 13.6. The summed E-state index contributed by atoms with van der Waals surface area (Å²) in [5.41, 5.74) is 8.69. The number of halogens is 1. The van der Waals surface area contributed by atoms with E-state index in [1.165, 1.54) is 39.6 Å². The molecule has 1 unspecified atom stereocenters. The summed E-state index contributed by atoms with van der Waals surface area (Å²) in [6, 6.07) is 9.64. The molecule has 0 amide bonds. The van der Waals surface area contributed by atoms with E-state index in [1.807, 2.05) is 6.07 Å². The molecule has 118 valence electrons. The summed E-state index contributed by atoms with van der Waals surface area (Å²) in [5, 5.41) is 4.67. The topological polar surface area (TPSA) is 27.8 Å². The third-order valence-corrected chi connectivity index (χ3v) is 4.94. The highest BCUT2D eigenvalue weighted by molar-refractivity contribution is 5.85. The van der Waals surface area contributed by atoms with Crippen molar-refractivity contribution in [3.63, 3.8) is 0 Å². The number of H-pyrrole nitrogens is 1. The van der Waals surface area contributed by atoms with Crippen LogP contribution in [0.1, 0.15) is 39.6 Å². The highest BCUT2D eigenvalue weighted by Crippen LogP contribution is 2.36. The maximum absolute atomic E-state index is 13.6. The van der Waals surface area contributed by atoms with Crippen LogP contribution >= 0.6 is 0 Å². The molecule has 0 saturated heterocycles. The highest BCUT2D eigenvalue weighted by Gasteiger charge is 2.27. The van der Waals surface area contributed by atoms with Crippen LogP contribution in [0.25, 0.3) is 10.9 Å². The van der Waals surface area contributed by atoms with E-state index >= 15 is 0 Å². The summed E-state index contributed by atoms with van der Waals surface area (Å²) in [4.78, 5) is 3.53. The van der Waals surface area contributed by atoms with Gasteiger partial charge >= 0.3 is 0 Å². The Morgan fingerprint density at radius 3 is 2.52 bits per heavy atom. The minimum atomic E-state index is -0.169. The molecule has 1 aliphatic rings. The number of aryl methyl sites for hydroxylation is 3. The molecule has 0 saturated carbocycles. The lowest BCUT2D eigenvalue weighted by molar-refractivity contribution is 0.556. The molecule has 3 heteroatoms. The van der Waals surface area contributed by atoms with E-state index in [9.17, 15) is 4.39 Å². The molecular formula is C20H21FN2. The summed E-state index contributed by atoms with van der Waals surface area (Å²) in [7, 11) is 0. The van der Waals surface area contributed by atoms with Crippen molar-refractivity contribution in [3.8, 4) is 0 Å². The standard InChI is InChI=1S/C20H21FN2/c1-11-8-12(2)18(13(3)9-11)20-19-15(6-7-22-20)16-10-14(21)4-5-17(16)23-19/h4-5,8-10,20,22-23H,6-7H2,1-3H3. The number of benzene rings is 2. The number of hydrogen-bond acceptors (Lipinski definition) is 1. The van der Waals surface area contributed by atoms with E-state index in [2.05, 4.69) is 43.2 Å². The summed E-state index contributed by atoms with van der Waals surface area (Å²) in [6.45, 7) is 7.39. The van der Waals surface area contributed by atoms with E-state index in [-0.39, 0.29) is 11.9 Å². The molecular weight excluding hydrogens is 287 g/mol. The number of aromatic nitrogens is 1. The Kier molecular flexibility index (Phi) is 3.27. The number of rotatable bonds is 1. The van der Waals surface area contributed by atoms with E-state index in [4.69, 9.17) is 0 Å². The van der Waals surface area contributed by atoms with Crippen LogP contribution in [0, 0.1) is 26.6 Å². The van der Waals surface area contributed by atoms with Crippen LogP contribution in [0.2, 0.25) is 0 Å². The Morgan fingerprint density at radius 1 is 1.04 bits per heavy atom. The first-order chi connectivity index (χ1) is 11.0. The quantitative estimate of drug-likeness (QED) is 0.682. The minimum Gasteiger partial charge on any atom is -0.357 e. The molecule has 0 bridgehead atoms. The first-order valence-electron chi connectivity index (χ1n) is 8.15. The second kappa shape index (κ2) is 5.20. The van der Waals surface area contributed by atoms with E-state index in [1.54, 1.807) is 6.07 Å². The first kappa shape index (κ1) is 14.5. The molecule has 4 rings (SSSR count). The molecule has 0 radical (unpaired) electrons. The van der Waals surface area contributed by atoms with Crippen LogP contribution < -0.4 is 5.32 Å². The zero-order valence-electron chi connectivity index (χ0n) is 13.8. The lowest BCUT2D eigenvalue weighted by atomic mass is 9.88. The zero-order chi connectivity index (χ0) is 16.1. The Hall–Kier alpha value is -2.13. The van der Waals surface area contributed by atoms with Crippen LogP contribution in [0.5, 0.6) is 0 Å². The van der Waals surface area contributed by atoms with Gasteiger partial charge in [0, 0.05) is 23.1 Å². The van der Waals surface area contributed by atoms with Gasteiger partial charge in [0.15, 0.2) is 0 Å². The Bertz CT molecular complexity index is 884. The Balaban J connectivity index is 1.93. The van der Waals surface area contributed by atoms with Gasteiger partial charge in [0.1, 0.15) is 5.82 Å². The normalized spacial score (nSPS) is 17.5. The van der Waals surface area contributed by atoms with Crippen molar-refractivity contribution in [2.24, 2.45) is 0 Å². The van der Waals surface area contributed by atoms with Crippen LogP contribution in [0.15, 0.2) is 30.3 Å². The lowest BCUT2D eigenvalue weighted by Crippen LogP contribution is -2.31. The second-order valence-corrected chi connectivity index (χ2v) is 6.66. The molecule has 1 atom stereocenters. The van der Waals surface area contributed by atoms with E-state index < -0.39 is 0 Å². The van der Waals surface area contributed by atoms with Crippen molar-refractivity contribution in [1.82, 2.24) is 10.3 Å². The van der Waals surface area contributed by atoms with Crippen LogP contribution in [-0.2, 0) is 6.42 Å². The average Bonchev–Trinajstić information content (AvgIpc) is 2.85. The fraction of sp³-hybridized carbons (Fsp3) is 0.300. The van der Waals surface area contributed by atoms with Gasteiger partial charge in [-0.05, 0) is 67.6 Å². The van der Waals surface area contributed by atoms with Crippen LogP contribution in [0.3, 0.4) is 0 Å². The smallest absolute Gasteiger partial charge is 0.123 e. The molecule has 0 spiro atoms. The zero-order valence-corrected chi connectivity index (χ0v) is 13.8. The van der Waals surface area contributed by atoms with Crippen molar-refractivity contribution in [1.29, 1.82) is 0 Å². The number of fused-ring (bicyclic) bond motifs is 3. The Morgan fingerprint density at radius 2 is 1.78 bits per heavy atom. The third kappa shape index (κ3) is 2.27.